The Balaban J connectivity index is 1.56. The van der Waals surface area contributed by atoms with E-state index in [0.717, 1.165) is 45.5 Å². The highest BCUT2D eigenvalue weighted by Gasteiger charge is 2.23. The molecule has 1 unspecified atom stereocenters. The zero-order chi connectivity index (χ0) is 15.1. The van der Waals surface area contributed by atoms with Gasteiger partial charge in [-0.3, -0.25) is 4.79 Å². The van der Waals surface area contributed by atoms with Crippen molar-refractivity contribution in [2.24, 2.45) is 5.73 Å². The molecule has 0 aliphatic carbocycles. The van der Waals surface area contributed by atoms with Crippen LogP contribution in [-0.2, 0) is 9.53 Å². The number of nitrogens with zero attached hydrogens (tertiary/aromatic N) is 2. The van der Waals surface area contributed by atoms with Crippen LogP contribution in [0.5, 0.6) is 0 Å². The number of rotatable bonds is 7. The molecule has 0 bridgehead atoms. The summed E-state index contributed by atoms with van der Waals surface area (Å²) in [5, 5.41) is 0. The number of hydrogen-bond acceptors (Lipinski definition) is 4. The maximum atomic E-state index is 12.0. The number of piperidine rings is 1. The Labute approximate surface area is 128 Å². The predicted molar refractivity (Wildman–Crippen MR) is 84.1 cm³/mol. The van der Waals surface area contributed by atoms with Crippen molar-refractivity contribution in [1.29, 1.82) is 0 Å². The van der Waals surface area contributed by atoms with E-state index in [2.05, 4.69) is 4.90 Å². The van der Waals surface area contributed by atoms with Gasteiger partial charge in [0.15, 0.2) is 0 Å². The van der Waals surface area contributed by atoms with E-state index in [1.807, 2.05) is 11.8 Å². The molecule has 0 aromatic carbocycles. The summed E-state index contributed by atoms with van der Waals surface area (Å²) in [5.74, 6) is 0.253. The molecule has 2 rings (SSSR count). The Morgan fingerprint density at radius 2 is 1.90 bits per heavy atom. The lowest BCUT2D eigenvalue weighted by Gasteiger charge is -2.32. The summed E-state index contributed by atoms with van der Waals surface area (Å²) < 4.78 is 5.97. The molecule has 0 saturated carbocycles. The van der Waals surface area contributed by atoms with Crippen LogP contribution < -0.4 is 5.73 Å². The van der Waals surface area contributed by atoms with Crippen LogP contribution >= 0.6 is 0 Å². The van der Waals surface area contributed by atoms with Gasteiger partial charge in [0.25, 0.3) is 0 Å². The summed E-state index contributed by atoms with van der Waals surface area (Å²) in [6, 6.07) is 0.111. The lowest BCUT2D eigenvalue weighted by molar-refractivity contribution is -0.134. The first-order chi connectivity index (χ1) is 10.1. The van der Waals surface area contributed by atoms with Gasteiger partial charge in [-0.15, -0.1) is 0 Å². The number of carbonyl (C=O) groups excluding carboxylic acids is 1. The summed E-state index contributed by atoms with van der Waals surface area (Å²) in [7, 11) is 0. The minimum atomic E-state index is 0.111. The number of ether oxygens (including phenoxy) is 1. The molecule has 2 N–H and O–H groups in total. The summed E-state index contributed by atoms with van der Waals surface area (Å²) in [5.41, 5.74) is 5.70. The highest BCUT2D eigenvalue weighted by atomic mass is 16.5. The number of nitrogens with two attached hydrogens (primary N) is 1. The Kier molecular flexibility index (Phi) is 6.93. The van der Waals surface area contributed by atoms with E-state index in [9.17, 15) is 4.79 Å². The summed E-state index contributed by atoms with van der Waals surface area (Å²) in [4.78, 5) is 16.5. The van der Waals surface area contributed by atoms with Crippen LogP contribution in [0.3, 0.4) is 0 Å². The van der Waals surface area contributed by atoms with Gasteiger partial charge in [-0.1, -0.05) is 0 Å². The van der Waals surface area contributed by atoms with Crippen molar-refractivity contribution >= 4 is 5.91 Å². The first kappa shape index (κ1) is 16.7. The predicted octanol–water partition coefficient (Wildman–Crippen LogP) is 1.22. The third kappa shape index (κ3) is 5.93. The van der Waals surface area contributed by atoms with Crippen LogP contribution in [0.25, 0.3) is 0 Å². The van der Waals surface area contributed by atoms with E-state index in [-0.39, 0.29) is 11.9 Å². The van der Waals surface area contributed by atoms with Crippen molar-refractivity contribution in [1.82, 2.24) is 9.80 Å². The third-order valence-corrected chi connectivity index (χ3v) is 4.57. The largest absolute Gasteiger partial charge is 0.377 e. The van der Waals surface area contributed by atoms with E-state index in [1.54, 1.807) is 0 Å². The molecule has 5 heteroatoms. The molecule has 2 saturated heterocycles. The summed E-state index contributed by atoms with van der Waals surface area (Å²) in [6.07, 6.45) is 6.33. The van der Waals surface area contributed by atoms with Crippen molar-refractivity contribution in [3.63, 3.8) is 0 Å². The molecule has 2 fully saturated rings. The fraction of sp³-hybridized carbons (Fsp3) is 0.938. The van der Waals surface area contributed by atoms with Crippen LogP contribution in [0.15, 0.2) is 0 Å². The van der Waals surface area contributed by atoms with E-state index in [4.69, 9.17) is 10.5 Å². The standard InChI is InChI=1S/C16H31N3O2/c1-14(17)4-5-16(20)19-10-6-15(7-11-19)21-13-12-18-8-2-3-9-18/h14-15H,2-13,17H2,1H3. The number of likely N-dealkylation sites (tertiary alicyclic amines) is 2. The highest BCUT2D eigenvalue weighted by Crippen LogP contribution is 2.15. The molecule has 2 aliphatic heterocycles. The fourth-order valence-electron chi connectivity index (χ4n) is 3.14. The molecule has 21 heavy (non-hydrogen) atoms. The maximum Gasteiger partial charge on any atom is 0.222 e. The van der Waals surface area contributed by atoms with E-state index in [1.165, 1.54) is 25.9 Å². The molecule has 1 atom stereocenters. The second-order valence-corrected chi connectivity index (χ2v) is 6.52. The molecule has 0 spiro atoms. The average Bonchev–Trinajstić information content (AvgIpc) is 2.99. The molecule has 0 radical (unpaired) electrons. The molecule has 122 valence electrons. The highest BCUT2D eigenvalue weighted by molar-refractivity contribution is 5.76. The third-order valence-electron chi connectivity index (χ3n) is 4.57. The van der Waals surface area contributed by atoms with Crippen molar-refractivity contribution in [3.05, 3.63) is 0 Å². The molecular weight excluding hydrogens is 266 g/mol. The second kappa shape index (κ2) is 8.71. The normalized spacial score (nSPS) is 22.7. The van der Waals surface area contributed by atoms with Gasteiger partial charge in [-0.2, -0.15) is 0 Å². The van der Waals surface area contributed by atoms with Gasteiger partial charge >= 0.3 is 0 Å². The molecule has 2 aliphatic rings. The lowest BCUT2D eigenvalue weighted by atomic mass is 10.1. The Morgan fingerprint density at radius 3 is 2.52 bits per heavy atom. The molecular formula is C16H31N3O2. The van der Waals surface area contributed by atoms with Crippen LogP contribution in [0, 0.1) is 0 Å². The van der Waals surface area contributed by atoms with Gasteiger partial charge in [0.05, 0.1) is 12.7 Å². The number of amides is 1. The first-order valence-electron chi connectivity index (χ1n) is 8.52. The zero-order valence-electron chi connectivity index (χ0n) is 13.4. The quantitative estimate of drug-likeness (QED) is 0.767. The van der Waals surface area contributed by atoms with Crippen LogP contribution in [0.2, 0.25) is 0 Å². The monoisotopic (exact) mass is 297 g/mol. The molecule has 0 aromatic heterocycles. The molecule has 1 amide bonds. The minimum Gasteiger partial charge on any atom is -0.377 e. The SMILES string of the molecule is CC(N)CCC(=O)N1CCC(OCCN2CCCC2)CC1. The molecule has 0 aromatic rings. The van der Waals surface area contributed by atoms with Gasteiger partial charge in [0.1, 0.15) is 0 Å². The smallest absolute Gasteiger partial charge is 0.222 e. The van der Waals surface area contributed by atoms with Gasteiger partial charge in [0.2, 0.25) is 5.91 Å². The van der Waals surface area contributed by atoms with Gasteiger partial charge in [-0.05, 0) is 52.1 Å². The van der Waals surface area contributed by atoms with Crippen molar-refractivity contribution in [2.45, 2.75) is 57.6 Å². The fourth-order valence-corrected chi connectivity index (χ4v) is 3.14. The van der Waals surface area contributed by atoms with Crippen LogP contribution in [0.4, 0.5) is 0 Å². The van der Waals surface area contributed by atoms with E-state index < -0.39 is 0 Å². The number of carbonyl (C=O) groups is 1. The Hall–Kier alpha value is -0.650. The second-order valence-electron chi connectivity index (χ2n) is 6.52. The zero-order valence-corrected chi connectivity index (χ0v) is 13.4. The summed E-state index contributed by atoms with van der Waals surface area (Å²) in [6.45, 7) is 7.99. The van der Waals surface area contributed by atoms with E-state index in [0.29, 0.717) is 12.5 Å². The molecule has 5 nitrogen and oxygen atoms in total. The van der Waals surface area contributed by atoms with E-state index >= 15 is 0 Å². The van der Waals surface area contributed by atoms with Crippen molar-refractivity contribution in [2.75, 3.05) is 39.3 Å². The van der Waals surface area contributed by atoms with Crippen LogP contribution in [-0.4, -0.2) is 67.2 Å². The summed E-state index contributed by atoms with van der Waals surface area (Å²) >= 11 is 0. The minimum absolute atomic E-state index is 0.111. The van der Waals surface area contributed by atoms with Crippen LogP contribution in [0.1, 0.15) is 45.4 Å². The van der Waals surface area contributed by atoms with Gasteiger partial charge in [-0.25, -0.2) is 0 Å². The number of hydrogen-bond donors (Lipinski definition) is 1. The first-order valence-corrected chi connectivity index (χ1v) is 8.52. The molecule has 2 heterocycles. The lowest BCUT2D eigenvalue weighted by Crippen LogP contribution is -2.41. The van der Waals surface area contributed by atoms with Crippen molar-refractivity contribution < 1.29 is 9.53 Å². The Bertz CT molecular complexity index is 309. The Morgan fingerprint density at radius 1 is 1.24 bits per heavy atom. The average molecular weight is 297 g/mol. The van der Waals surface area contributed by atoms with Crippen molar-refractivity contribution in [3.8, 4) is 0 Å². The maximum absolute atomic E-state index is 12.0. The topological polar surface area (TPSA) is 58.8 Å². The van der Waals surface area contributed by atoms with Gasteiger partial charge < -0.3 is 20.3 Å². The van der Waals surface area contributed by atoms with Gasteiger partial charge in [0, 0.05) is 32.1 Å².